The van der Waals surface area contributed by atoms with Crippen LogP contribution >= 0.6 is 0 Å². The molecule has 1 aromatic heterocycles. The maximum Gasteiger partial charge on any atom is 0.351 e. The van der Waals surface area contributed by atoms with E-state index in [0.29, 0.717) is 0 Å². The molecule has 11 nitrogen and oxygen atoms in total. The van der Waals surface area contributed by atoms with Gasteiger partial charge in [-0.25, -0.2) is 9.59 Å². The number of primary amides is 1. The van der Waals surface area contributed by atoms with Crippen molar-refractivity contribution in [1.82, 2.24) is 9.55 Å². The minimum absolute atomic E-state index is 0.000235. The normalized spacial score (nSPS) is 22.2. The van der Waals surface area contributed by atoms with Crippen molar-refractivity contribution < 1.29 is 28.6 Å². The van der Waals surface area contributed by atoms with Gasteiger partial charge in [-0.05, 0) is 6.07 Å². The highest BCUT2D eigenvalue weighted by Crippen LogP contribution is 2.30. The molecule has 2 rings (SSSR count). The van der Waals surface area contributed by atoms with Gasteiger partial charge < -0.3 is 19.9 Å². The summed E-state index contributed by atoms with van der Waals surface area (Å²) in [5, 5.41) is 2.19. The van der Waals surface area contributed by atoms with Gasteiger partial charge in [-0.15, -0.1) is 0 Å². The molecule has 136 valence electrons. The van der Waals surface area contributed by atoms with Gasteiger partial charge in [-0.2, -0.15) is 4.98 Å². The summed E-state index contributed by atoms with van der Waals surface area (Å²) in [6.07, 6.45) is -0.627. The Kier molecular flexibility index (Phi) is 5.70. The third-order valence-corrected chi connectivity index (χ3v) is 3.34. The molecule has 0 radical (unpaired) electrons. The van der Waals surface area contributed by atoms with Gasteiger partial charge in [0.25, 0.3) is 0 Å². The van der Waals surface area contributed by atoms with Crippen LogP contribution in [0, 0.1) is 0 Å². The summed E-state index contributed by atoms with van der Waals surface area (Å²) in [6.45, 7) is 2.37. The lowest BCUT2D eigenvalue weighted by Crippen LogP contribution is -2.31. The van der Waals surface area contributed by atoms with Gasteiger partial charge in [0.15, 0.2) is 0 Å². The Hall–Kier alpha value is -2.95. The summed E-state index contributed by atoms with van der Waals surface area (Å²) in [4.78, 5) is 48.7. The van der Waals surface area contributed by atoms with Crippen LogP contribution in [0.15, 0.2) is 17.1 Å². The molecule has 0 aromatic carbocycles. The van der Waals surface area contributed by atoms with Crippen molar-refractivity contribution in [3.8, 4) is 0 Å². The van der Waals surface area contributed by atoms with Gasteiger partial charge in [0.1, 0.15) is 30.9 Å². The maximum atomic E-state index is 12.1. The maximum absolute atomic E-state index is 12.1. The number of carbonyl (C=O) groups is 3. The molecule has 1 aliphatic rings. The third kappa shape index (κ3) is 5.01. The average molecular weight is 354 g/mol. The minimum atomic E-state index is -0.849. The van der Waals surface area contributed by atoms with Crippen molar-refractivity contribution in [2.24, 2.45) is 5.73 Å². The van der Waals surface area contributed by atoms with Crippen molar-refractivity contribution in [2.75, 3.05) is 11.9 Å². The number of carbonyl (C=O) groups excluding carboxylic acids is 3. The first-order valence-electron chi connectivity index (χ1n) is 7.38. The summed E-state index contributed by atoms with van der Waals surface area (Å²) in [6, 6.07) is 0.522. The van der Waals surface area contributed by atoms with Crippen LogP contribution in [-0.4, -0.2) is 46.3 Å². The third-order valence-electron chi connectivity index (χ3n) is 3.34. The highest BCUT2D eigenvalue weighted by molar-refractivity contribution is 5.86. The second-order valence-corrected chi connectivity index (χ2v) is 5.31. The second kappa shape index (κ2) is 7.75. The number of rotatable bonds is 5. The van der Waals surface area contributed by atoms with Crippen LogP contribution in [0.5, 0.6) is 0 Å². The number of esters is 2. The highest BCUT2D eigenvalue weighted by Gasteiger charge is 2.39. The molecule has 3 atom stereocenters. The summed E-state index contributed by atoms with van der Waals surface area (Å²) >= 11 is 0. The number of aromatic nitrogens is 2. The van der Waals surface area contributed by atoms with Crippen LogP contribution in [0.3, 0.4) is 0 Å². The minimum Gasteiger partial charge on any atom is -0.463 e. The Morgan fingerprint density at radius 1 is 1.40 bits per heavy atom. The number of urea groups is 1. The fraction of sp³-hybridized carbons (Fsp3) is 0.500. The molecule has 3 N–H and O–H groups in total. The standard InChI is InChI=1S/C14H18N4O7/c1-7(19)23-6-10-9(24-8(2)20)5-12(25-10)18-4-3-11(16-13(15)21)17-14(18)22/h3-4,9-10,12H,5-6H2,1-2H3,(H3,15,16,17,21,22)/t9-,10+,12+/m0/s1. The van der Waals surface area contributed by atoms with Crippen molar-refractivity contribution in [3.05, 3.63) is 22.7 Å². The van der Waals surface area contributed by atoms with E-state index in [9.17, 15) is 19.2 Å². The number of amides is 2. The van der Waals surface area contributed by atoms with Crippen LogP contribution in [0.1, 0.15) is 26.5 Å². The molecule has 1 aliphatic heterocycles. The van der Waals surface area contributed by atoms with E-state index in [1.54, 1.807) is 0 Å². The van der Waals surface area contributed by atoms with Crippen LogP contribution < -0.4 is 16.7 Å². The fourth-order valence-corrected chi connectivity index (χ4v) is 2.39. The number of ether oxygens (including phenoxy) is 3. The largest absolute Gasteiger partial charge is 0.463 e. The van der Waals surface area contributed by atoms with E-state index < -0.39 is 42.1 Å². The quantitative estimate of drug-likeness (QED) is 0.672. The first-order chi connectivity index (χ1) is 11.8. The van der Waals surface area contributed by atoms with E-state index >= 15 is 0 Å². The SMILES string of the molecule is CC(=O)OC[C@H]1O[C@@H](n2ccc(NC(N)=O)nc2=O)C[C@@H]1OC(C)=O. The lowest BCUT2D eigenvalue weighted by atomic mass is 10.2. The Morgan fingerprint density at radius 2 is 2.12 bits per heavy atom. The lowest BCUT2D eigenvalue weighted by Gasteiger charge is -2.17. The first-order valence-corrected chi connectivity index (χ1v) is 7.38. The smallest absolute Gasteiger partial charge is 0.351 e. The predicted octanol–water partition coefficient (Wildman–Crippen LogP) is -0.484. The van der Waals surface area contributed by atoms with Gasteiger partial charge in [-0.3, -0.25) is 19.5 Å². The van der Waals surface area contributed by atoms with E-state index in [-0.39, 0.29) is 18.8 Å². The molecule has 1 saturated heterocycles. The van der Waals surface area contributed by atoms with Crippen molar-refractivity contribution in [1.29, 1.82) is 0 Å². The molecule has 0 saturated carbocycles. The van der Waals surface area contributed by atoms with Crippen LogP contribution in [0.4, 0.5) is 10.6 Å². The number of nitrogens with one attached hydrogen (secondary N) is 1. The molecular weight excluding hydrogens is 336 g/mol. The zero-order chi connectivity index (χ0) is 18.6. The van der Waals surface area contributed by atoms with Crippen molar-refractivity contribution >= 4 is 23.8 Å². The first kappa shape index (κ1) is 18.4. The second-order valence-electron chi connectivity index (χ2n) is 5.31. The van der Waals surface area contributed by atoms with E-state index in [1.807, 2.05) is 0 Å². The molecule has 1 aromatic rings. The van der Waals surface area contributed by atoms with Crippen LogP contribution in [0.2, 0.25) is 0 Å². The molecule has 0 unspecified atom stereocenters. The Morgan fingerprint density at radius 3 is 2.68 bits per heavy atom. The van der Waals surface area contributed by atoms with Crippen LogP contribution in [0.25, 0.3) is 0 Å². The Balaban J connectivity index is 2.16. The van der Waals surface area contributed by atoms with Gasteiger partial charge in [0.05, 0.1) is 0 Å². The summed E-state index contributed by atoms with van der Waals surface area (Å²) in [7, 11) is 0. The monoisotopic (exact) mass is 354 g/mol. The number of anilines is 1. The summed E-state index contributed by atoms with van der Waals surface area (Å²) in [5.41, 5.74) is 4.27. The number of nitrogens with two attached hydrogens (primary N) is 1. The average Bonchev–Trinajstić information content (AvgIpc) is 2.86. The summed E-state index contributed by atoms with van der Waals surface area (Å²) < 4.78 is 16.9. The molecule has 0 spiro atoms. The van der Waals surface area contributed by atoms with E-state index in [1.165, 1.54) is 30.7 Å². The molecule has 0 bridgehead atoms. The molecular formula is C14H18N4O7. The summed E-state index contributed by atoms with van der Waals surface area (Å²) in [5.74, 6) is -1.03. The van der Waals surface area contributed by atoms with Crippen molar-refractivity contribution in [2.45, 2.75) is 38.7 Å². The zero-order valence-electron chi connectivity index (χ0n) is 13.6. The van der Waals surface area contributed by atoms with Gasteiger partial charge in [-0.1, -0.05) is 0 Å². The zero-order valence-corrected chi connectivity index (χ0v) is 13.6. The number of hydrogen-bond donors (Lipinski definition) is 2. The van der Waals surface area contributed by atoms with Crippen LogP contribution in [-0.2, 0) is 23.8 Å². The number of nitrogens with zero attached hydrogens (tertiary/aromatic N) is 2. The topological polar surface area (TPSA) is 152 Å². The Bertz CT molecular complexity index is 732. The highest BCUT2D eigenvalue weighted by atomic mass is 16.6. The van der Waals surface area contributed by atoms with Crippen molar-refractivity contribution in [3.63, 3.8) is 0 Å². The van der Waals surface area contributed by atoms with Gasteiger partial charge in [0, 0.05) is 26.5 Å². The Labute approximate surface area is 142 Å². The molecule has 2 heterocycles. The van der Waals surface area contributed by atoms with E-state index in [4.69, 9.17) is 19.9 Å². The van der Waals surface area contributed by atoms with Gasteiger partial charge in [0.2, 0.25) is 0 Å². The molecule has 0 aliphatic carbocycles. The molecule has 1 fully saturated rings. The fourth-order valence-electron chi connectivity index (χ4n) is 2.39. The molecule has 25 heavy (non-hydrogen) atoms. The predicted molar refractivity (Wildman–Crippen MR) is 82.4 cm³/mol. The van der Waals surface area contributed by atoms with E-state index in [0.717, 1.165) is 0 Å². The number of hydrogen-bond acceptors (Lipinski definition) is 8. The lowest BCUT2D eigenvalue weighted by molar-refractivity contribution is -0.155. The van der Waals surface area contributed by atoms with E-state index in [2.05, 4.69) is 10.3 Å². The molecule has 11 heteroatoms. The van der Waals surface area contributed by atoms with Gasteiger partial charge >= 0.3 is 23.7 Å². The molecule has 2 amide bonds.